The Morgan fingerprint density at radius 2 is 2.00 bits per heavy atom. The first-order valence-corrected chi connectivity index (χ1v) is 9.52. The van der Waals surface area contributed by atoms with Crippen molar-refractivity contribution in [1.82, 2.24) is 19.2 Å². The molecule has 2 aliphatic rings. The third kappa shape index (κ3) is 2.88. The standard InChI is InChI=1S/C20H24N4O4/c1-13-4-3-5-16-21-14(10-18(26)24(13)16)12-23-8-6-20(7-9-23)15(19(27)28)11-17(25)22(20)2/h3-5,10,15H,6-9,11-12H2,1-2H3,(H,27,28). The van der Waals surface area contributed by atoms with Crippen LogP contribution in [0.2, 0.25) is 0 Å². The molecule has 0 radical (unpaired) electrons. The van der Waals surface area contributed by atoms with Crippen LogP contribution in [0.1, 0.15) is 30.7 Å². The molecule has 0 aromatic carbocycles. The number of carboxylic acid groups (broad SMARTS) is 1. The predicted molar refractivity (Wildman–Crippen MR) is 102 cm³/mol. The van der Waals surface area contributed by atoms with E-state index in [9.17, 15) is 19.5 Å². The lowest BCUT2D eigenvalue weighted by Gasteiger charge is -2.45. The number of pyridine rings is 1. The molecule has 1 N–H and O–H groups in total. The number of piperidine rings is 1. The molecule has 2 aromatic heterocycles. The monoisotopic (exact) mass is 384 g/mol. The van der Waals surface area contributed by atoms with Crippen LogP contribution >= 0.6 is 0 Å². The van der Waals surface area contributed by atoms with Gasteiger partial charge in [-0.05, 0) is 31.9 Å². The molecule has 4 heterocycles. The van der Waals surface area contributed by atoms with E-state index in [1.165, 1.54) is 0 Å². The third-order valence-corrected chi connectivity index (χ3v) is 6.41. The highest BCUT2D eigenvalue weighted by atomic mass is 16.4. The predicted octanol–water partition coefficient (Wildman–Crippen LogP) is 0.900. The molecule has 1 amide bonds. The van der Waals surface area contributed by atoms with Gasteiger partial charge in [-0.15, -0.1) is 0 Å². The Kier molecular flexibility index (Phi) is 4.45. The van der Waals surface area contributed by atoms with Crippen LogP contribution in [-0.2, 0) is 16.1 Å². The van der Waals surface area contributed by atoms with E-state index in [-0.39, 0.29) is 17.9 Å². The van der Waals surface area contributed by atoms with E-state index >= 15 is 0 Å². The minimum atomic E-state index is -0.897. The minimum absolute atomic E-state index is 0.0776. The number of carbonyl (C=O) groups excluding carboxylic acids is 1. The van der Waals surface area contributed by atoms with Gasteiger partial charge in [0.2, 0.25) is 5.91 Å². The first kappa shape index (κ1) is 18.6. The van der Waals surface area contributed by atoms with Gasteiger partial charge in [0.1, 0.15) is 5.65 Å². The molecule has 148 valence electrons. The number of aryl methyl sites for hydroxylation is 1. The number of hydrogen-bond donors (Lipinski definition) is 1. The number of likely N-dealkylation sites (tertiary alicyclic amines) is 2. The molecule has 2 saturated heterocycles. The van der Waals surface area contributed by atoms with Crippen molar-refractivity contribution < 1.29 is 14.7 Å². The van der Waals surface area contributed by atoms with Crippen molar-refractivity contribution in [3.05, 3.63) is 46.0 Å². The van der Waals surface area contributed by atoms with Crippen molar-refractivity contribution in [2.45, 2.75) is 38.3 Å². The average molecular weight is 384 g/mol. The van der Waals surface area contributed by atoms with Crippen LogP contribution in [0.15, 0.2) is 29.1 Å². The van der Waals surface area contributed by atoms with Crippen LogP contribution < -0.4 is 5.56 Å². The molecule has 1 spiro atoms. The third-order valence-electron chi connectivity index (χ3n) is 6.41. The van der Waals surface area contributed by atoms with Crippen molar-refractivity contribution >= 4 is 17.5 Å². The molecule has 2 aromatic rings. The summed E-state index contributed by atoms with van der Waals surface area (Å²) >= 11 is 0. The van der Waals surface area contributed by atoms with Gasteiger partial charge in [-0.2, -0.15) is 0 Å². The van der Waals surface area contributed by atoms with Crippen LogP contribution in [0.25, 0.3) is 5.65 Å². The Hall–Kier alpha value is -2.74. The average Bonchev–Trinajstić information content (AvgIpc) is 2.89. The van der Waals surface area contributed by atoms with Gasteiger partial charge >= 0.3 is 5.97 Å². The molecule has 2 aliphatic heterocycles. The molecule has 2 fully saturated rings. The van der Waals surface area contributed by atoms with Crippen LogP contribution in [0.3, 0.4) is 0 Å². The van der Waals surface area contributed by atoms with Crippen molar-refractivity contribution in [2.24, 2.45) is 5.92 Å². The summed E-state index contributed by atoms with van der Waals surface area (Å²) in [7, 11) is 1.72. The number of amides is 1. The molecule has 4 rings (SSSR count). The molecule has 0 saturated carbocycles. The second kappa shape index (κ2) is 6.70. The lowest BCUT2D eigenvalue weighted by atomic mass is 9.77. The summed E-state index contributed by atoms with van der Waals surface area (Å²) in [4.78, 5) is 44.7. The normalized spacial score (nSPS) is 22.3. The Morgan fingerprint density at radius 3 is 2.68 bits per heavy atom. The number of nitrogens with zero attached hydrogens (tertiary/aromatic N) is 4. The molecule has 8 nitrogen and oxygen atoms in total. The fourth-order valence-electron chi connectivity index (χ4n) is 4.76. The van der Waals surface area contributed by atoms with Crippen molar-refractivity contribution in [3.63, 3.8) is 0 Å². The molecule has 0 bridgehead atoms. The smallest absolute Gasteiger partial charge is 0.309 e. The quantitative estimate of drug-likeness (QED) is 0.845. The second-order valence-electron chi connectivity index (χ2n) is 7.87. The van der Waals surface area contributed by atoms with Crippen LogP contribution in [-0.4, -0.2) is 61.8 Å². The van der Waals surface area contributed by atoms with Crippen molar-refractivity contribution in [3.8, 4) is 0 Å². The van der Waals surface area contributed by atoms with E-state index < -0.39 is 17.4 Å². The number of fused-ring (bicyclic) bond motifs is 1. The SMILES string of the molecule is Cc1cccc2nc(CN3CCC4(CC3)C(C(=O)O)CC(=O)N4C)cc(=O)n12. The fraction of sp³-hybridized carbons (Fsp3) is 0.500. The number of aromatic nitrogens is 2. The topological polar surface area (TPSA) is 95.2 Å². The van der Waals surface area contributed by atoms with Crippen molar-refractivity contribution in [2.75, 3.05) is 20.1 Å². The van der Waals surface area contributed by atoms with E-state index in [2.05, 4.69) is 9.88 Å². The Bertz CT molecular complexity index is 1010. The van der Waals surface area contributed by atoms with E-state index in [1.807, 2.05) is 25.1 Å². The van der Waals surface area contributed by atoms with Crippen molar-refractivity contribution in [1.29, 1.82) is 0 Å². The molecular weight excluding hydrogens is 360 g/mol. The van der Waals surface area contributed by atoms with Gasteiger partial charge in [0.05, 0.1) is 17.2 Å². The maximum Gasteiger partial charge on any atom is 0.309 e. The zero-order valence-electron chi connectivity index (χ0n) is 16.1. The summed E-state index contributed by atoms with van der Waals surface area (Å²) < 4.78 is 1.59. The van der Waals surface area contributed by atoms with Gasteiger partial charge in [-0.25, -0.2) is 4.98 Å². The van der Waals surface area contributed by atoms with Crippen LogP contribution in [0.5, 0.6) is 0 Å². The molecular formula is C20H24N4O4. The van der Waals surface area contributed by atoms with Gasteiger partial charge in [-0.3, -0.25) is 23.7 Å². The summed E-state index contributed by atoms with van der Waals surface area (Å²) in [5.41, 5.74) is 1.47. The van der Waals surface area contributed by atoms with E-state index in [4.69, 9.17) is 0 Å². The molecule has 28 heavy (non-hydrogen) atoms. The lowest BCUT2D eigenvalue weighted by molar-refractivity contribution is -0.146. The first-order chi connectivity index (χ1) is 13.3. The zero-order valence-corrected chi connectivity index (χ0v) is 16.1. The number of rotatable bonds is 3. The van der Waals surface area contributed by atoms with Gasteiger partial charge in [0.15, 0.2) is 0 Å². The molecule has 0 aliphatic carbocycles. The largest absolute Gasteiger partial charge is 0.481 e. The zero-order chi connectivity index (χ0) is 20.1. The van der Waals surface area contributed by atoms with E-state index in [1.54, 1.807) is 22.4 Å². The van der Waals surface area contributed by atoms with Crippen LogP contribution in [0.4, 0.5) is 0 Å². The minimum Gasteiger partial charge on any atom is -0.481 e. The maximum absolute atomic E-state index is 12.5. The maximum atomic E-state index is 12.5. The summed E-state index contributed by atoms with van der Waals surface area (Å²) in [5.74, 6) is -1.65. The Balaban J connectivity index is 1.52. The summed E-state index contributed by atoms with van der Waals surface area (Å²) in [6.07, 6.45) is 1.30. The lowest BCUT2D eigenvalue weighted by Crippen LogP contribution is -2.56. The van der Waals surface area contributed by atoms with E-state index in [0.29, 0.717) is 43.8 Å². The highest BCUT2D eigenvalue weighted by Crippen LogP contribution is 2.42. The number of hydrogen-bond acceptors (Lipinski definition) is 5. The second-order valence-corrected chi connectivity index (χ2v) is 7.87. The Morgan fingerprint density at radius 1 is 1.29 bits per heavy atom. The summed E-state index contributed by atoms with van der Waals surface area (Å²) in [6, 6.07) is 7.14. The molecule has 8 heteroatoms. The first-order valence-electron chi connectivity index (χ1n) is 9.52. The van der Waals surface area contributed by atoms with Gasteiger partial charge < -0.3 is 10.0 Å². The van der Waals surface area contributed by atoms with Crippen LogP contribution in [0, 0.1) is 12.8 Å². The highest BCUT2D eigenvalue weighted by molar-refractivity contribution is 5.88. The van der Waals surface area contributed by atoms with Gasteiger partial charge in [0, 0.05) is 44.9 Å². The number of carboxylic acids is 1. The van der Waals surface area contributed by atoms with Gasteiger partial charge in [0.25, 0.3) is 5.56 Å². The number of carbonyl (C=O) groups is 2. The fourth-order valence-corrected chi connectivity index (χ4v) is 4.76. The molecule has 1 atom stereocenters. The van der Waals surface area contributed by atoms with E-state index in [0.717, 1.165) is 5.69 Å². The highest BCUT2D eigenvalue weighted by Gasteiger charge is 2.55. The van der Waals surface area contributed by atoms with Gasteiger partial charge in [-0.1, -0.05) is 6.07 Å². The Labute approximate surface area is 162 Å². The summed E-state index contributed by atoms with van der Waals surface area (Å²) in [5, 5.41) is 9.58. The molecule has 1 unspecified atom stereocenters. The summed E-state index contributed by atoms with van der Waals surface area (Å²) in [6.45, 7) is 3.73. The number of aliphatic carboxylic acids is 1.